The molecule has 3 N–H and O–H groups in total. The van der Waals surface area contributed by atoms with E-state index in [1.54, 1.807) is 18.6 Å². The maximum Gasteiger partial charge on any atom is 0.490 e. The van der Waals surface area contributed by atoms with E-state index in [4.69, 9.17) is 15.6 Å². The van der Waals surface area contributed by atoms with Crippen molar-refractivity contribution < 1.29 is 36.2 Å². The van der Waals surface area contributed by atoms with Crippen LogP contribution in [0.4, 0.5) is 32.2 Å². The Labute approximate surface area is 161 Å². The van der Waals surface area contributed by atoms with Crippen LogP contribution in [0.15, 0.2) is 30.7 Å². The summed E-state index contributed by atoms with van der Waals surface area (Å²) in [6, 6.07) is 1.08. The summed E-state index contributed by atoms with van der Waals surface area (Å²) in [5.41, 5.74) is 6.25. The first-order chi connectivity index (χ1) is 13.5. The molecular weight excluding hydrogens is 406 g/mol. The first-order valence-corrected chi connectivity index (χ1v) is 8.21. The molecule has 2 atom stereocenters. The van der Waals surface area contributed by atoms with Crippen molar-refractivity contribution in [2.45, 2.75) is 24.6 Å². The van der Waals surface area contributed by atoms with Crippen molar-refractivity contribution in [1.82, 2.24) is 9.97 Å². The fraction of sp³-hybridized carbons (Fsp3) is 0.353. The molecule has 3 rings (SSSR count). The number of piperidine rings is 1. The monoisotopic (exact) mass is 422 g/mol. The van der Waals surface area contributed by atoms with Crippen LogP contribution in [0.1, 0.15) is 17.9 Å². The highest BCUT2D eigenvalue weighted by Crippen LogP contribution is 2.31. The molecule has 1 aromatic heterocycles. The van der Waals surface area contributed by atoms with Gasteiger partial charge in [-0.1, -0.05) is 0 Å². The van der Waals surface area contributed by atoms with Gasteiger partial charge in [-0.05, 0) is 18.1 Å². The second-order valence-corrected chi connectivity index (χ2v) is 6.16. The molecule has 0 bridgehead atoms. The molecule has 0 aliphatic carbocycles. The van der Waals surface area contributed by atoms with Crippen molar-refractivity contribution in [1.29, 1.82) is 0 Å². The smallest absolute Gasteiger partial charge is 0.475 e. The van der Waals surface area contributed by atoms with Gasteiger partial charge < -0.3 is 15.7 Å². The minimum absolute atomic E-state index is 0.130. The standard InChI is InChI=1S/C15H15F3N4.C2HF3O2/c16-11-6-13(18)12(17)5-10(11)9-1-4-22(8-14(9)19)15-7-20-2-3-21-15;3-2(4,5)1(6)7/h2-3,5-7,9,14H,1,4,8,19H2;(H,6,7)/t9-,14+;/m1./s1. The molecule has 0 saturated carbocycles. The minimum Gasteiger partial charge on any atom is -0.475 e. The summed E-state index contributed by atoms with van der Waals surface area (Å²) in [5.74, 6) is -5.42. The van der Waals surface area contributed by atoms with Crippen molar-refractivity contribution in [2.24, 2.45) is 5.73 Å². The normalized spacial score (nSPS) is 19.3. The molecule has 1 aromatic carbocycles. The molecule has 2 heterocycles. The fourth-order valence-corrected chi connectivity index (χ4v) is 2.85. The lowest BCUT2D eigenvalue weighted by Crippen LogP contribution is -2.48. The number of halogens is 6. The Hall–Kier alpha value is -2.89. The Kier molecular flexibility index (Phi) is 7.01. The van der Waals surface area contributed by atoms with E-state index in [1.807, 2.05) is 4.90 Å². The van der Waals surface area contributed by atoms with Gasteiger partial charge in [-0.15, -0.1) is 0 Å². The molecule has 1 fully saturated rings. The van der Waals surface area contributed by atoms with Gasteiger partial charge in [0.15, 0.2) is 11.6 Å². The molecule has 0 amide bonds. The molecule has 12 heteroatoms. The van der Waals surface area contributed by atoms with E-state index in [-0.39, 0.29) is 11.5 Å². The summed E-state index contributed by atoms with van der Waals surface area (Å²) >= 11 is 0. The topological polar surface area (TPSA) is 92.3 Å². The van der Waals surface area contributed by atoms with Crippen LogP contribution < -0.4 is 10.6 Å². The van der Waals surface area contributed by atoms with Crippen LogP contribution >= 0.6 is 0 Å². The third-order valence-electron chi connectivity index (χ3n) is 4.21. The number of anilines is 1. The lowest BCUT2D eigenvalue weighted by molar-refractivity contribution is -0.192. The highest BCUT2D eigenvalue weighted by atomic mass is 19.4. The van der Waals surface area contributed by atoms with Crippen LogP contribution in [0.5, 0.6) is 0 Å². The number of carboxylic acids is 1. The van der Waals surface area contributed by atoms with Gasteiger partial charge in [0.05, 0.1) is 6.20 Å². The third kappa shape index (κ3) is 5.79. The van der Waals surface area contributed by atoms with Crippen molar-refractivity contribution >= 4 is 11.8 Å². The van der Waals surface area contributed by atoms with Gasteiger partial charge in [0.2, 0.25) is 0 Å². The van der Waals surface area contributed by atoms with Crippen LogP contribution in [-0.2, 0) is 4.79 Å². The van der Waals surface area contributed by atoms with E-state index >= 15 is 0 Å². The lowest BCUT2D eigenvalue weighted by atomic mass is 9.85. The van der Waals surface area contributed by atoms with E-state index in [1.165, 1.54) is 0 Å². The summed E-state index contributed by atoms with van der Waals surface area (Å²) in [4.78, 5) is 19.0. The molecule has 1 saturated heterocycles. The number of carboxylic acid groups (broad SMARTS) is 1. The Morgan fingerprint density at radius 1 is 1.14 bits per heavy atom. The molecular formula is C17H16F6N4O2. The zero-order valence-corrected chi connectivity index (χ0v) is 14.7. The molecule has 0 unspecified atom stereocenters. The molecule has 158 valence electrons. The number of rotatable bonds is 2. The number of alkyl halides is 3. The summed E-state index contributed by atoms with van der Waals surface area (Å²) in [7, 11) is 0. The molecule has 1 aliphatic rings. The quantitative estimate of drug-likeness (QED) is 0.571. The van der Waals surface area contributed by atoms with Gasteiger partial charge in [0, 0.05) is 43.5 Å². The molecule has 29 heavy (non-hydrogen) atoms. The maximum absolute atomic E-state index is 13.9. The highest BCUT2D eigenvalue weighted by Gasteiger charge is 2.38. The Balaban J connectivity index is 0.000000370. The maximum atomic E-state index is 13.9. The van der Waals surface area contributed by atoms with E-state index in [9.17, 15) is 26.3 Å². The van der Waals surface area contributed by atoms with Crippen molar-refractivity contribution in [3.8, 4) is 0 Å². The average Bonchev–Trinajstić information content (AvgIpc) is 2.65. The average molecular weight is 422 g/mol. The van der Waals surface area contributed by atoms with Gasteiger partial charge in [-0.2, -0.15) is 13.2 Å². The number of nitrogens with two attached hydrogens (primary N) is 1. The number of aromatic nitrogens is 2. The number of nitrogens with zero attached hydrogens (tertiary/aromatic N) is 3. The SMILES string of the molecule is N[C@H]1CN(c2cnccn2)CC[C@@H]1c1cc(F)c(F)cc1F.O=C(O)C(F)(F)F. The number of carbonyl (C=O) groups is 1. The van der Waals surface area contributed by atoms with Crippen LogP contribution in [0, 0.1) is 17.5 Å². The zero-order valence-electron chi connectivity index (χ0n) is 14.7. The largest absolute Gasteiger partial charge is 0.490 e. The Morgan fingerprint density at radius 3 is 2.28 bits per heavy atom. The van der Waals surface area contributed by atoms with E-state index in [0.717, 1.165) is 6.07 Å². The highest BCUT2D eigenvalue weighted by molar-refractivity contribution is 5.73. The van der Waals surface area contributed by atoms with E-state index in [0.29, 0.717) is 31.4 Å². The first kappa shape index (κ1) is 22.4. The summed E-state index contributed by atoms with van der Waals surface area (Å²) in [5, 5.41) is 7.12. The number of aliphatic carboxylic acids is 1. The predicted molar refractivity (Wildman–Crippen MR) is 89.6 cm³/mol. The fourth-order valence-electron chi connectivity index (χ4n) is 2.85. The summed E-state index contributed by atoms with van der Waals surface area (Å²) in [6.07, 6.45) is 0.236. The predicted octanol–water partition coefficient (Wildman–Crippen LogP) is 2.85. The van der Waals surface area contributed by atoms with E-state index < -0.39 is 35.6 Å². The third-order valence-corrected chi connectivity index (χ3v) is 4.21. The molecule has 2 aromatic rings. The number of hydrogen-bond acceptors (Lipinski definition) is 5. The Morgan fingerprint density at radius 2 is 1.76 bits per heavy atom. The summed E-state index contributed by atoms with van der Waals surface area (Å²) in [6.45, 7) is 1.04. The molecule has 0 spiro atoms. The zero-order chi connectivity index (χ0) is 21.8. The molecule has 6 nitrogen and oxygen atoms in total. The summed E-state index contributed by atoms with van der Waals surface area (Å²) < 4.78 is 72.1. The first-order valence-electron chi connectivity index (χ1n) is 8.21. The van der Waals surface area contributed by atoms with Crippen LogP contribution in [-0.4, -0.2) is 46.4 Å². The minimum atomic E-state index is -5.08. The van der Waals surface area contributed by atoms with Gasteiger partial charge in [0.1, 0.15) is 11.6 Å². The number of benzene rings is 1. The van der Waals surface area contributed by atoms with Crippen molar-refractivity contribution in [3.05, 3.63) is 53.7 Å². The second kappa shape index (κ2) is 9.07. The molecule has 1 aliphatic heterocycles. The second-order valence-electron chi connectivity index (χ2n) is 6.16. The number of hydrogen-bond donors (Lipinski definition) is 2. The van der Waals surface area contributed by atoms with Gasteiger partial charge in [-0.25, -0.2) is 22.9 Å². The van der Waals surface area contributed by atoms with Crippen LogP contribution in [0.25, 0.3) is 0 Å². The lowest BCUT2D eigenvalue weighted by Gasteiger charge is -2.37. The van der Waals surface area contributed by atoms with Gasteiger partial charge in [0.25, 0.3) is 0 Å². The van der Waals surface area contributed by atoms with Crippen LogP contribution in [0.2, 0.25) is 0 Å². The molecule has 0 radical (unpaired) electrons. The van der Waals surface area contributed by atoms with Crippen LogP contribution in [0.3, 0.4) is 0 Å². The van der Waals surface area contributed by atoms with Gasteiger partial charge >= 0.3 is 12.1 Å². The van der Waals surface area contributed by atoms with Gasteiger partial charge in [-0.3, -0.25) is 4.98 Å². The van der Waals surface area contributed by atoms with E-state index in [2.05, 4.69) is 9.97 Å². The van der Waals surface area contributed by atoms with Crippen molar-refractivity contribution in [2.75, 3.05) is 18.0 Å². The van der Waals surface area contributed by atoms with Crippen molar-refractivity contribution in [3.63, 3.8) is 0 Å². The Bertz CT molecular complexity index is 850.